The first-order valence-corrected chi connectivity index (χ1v) is 9.21. The summed E-state index contributed by atoms with van der Waals surface area (Å²) in [6.45, 7) is 0.755. The first-order chi connectivity index (χ1) is 12.0. The van der Waals surface area contributed by atoms with E-state index >= 15 is 0 Å². The van der Waals surface area contributed by atoms with Crippen molar-refractivity contribution in [3.63, 3.8) is 0 Å². The van der Waals surface area contributed by atoms with Crippen LogP contribution in [0.1, 0.15) is 76.2 Å². The highest BCUT2D eigenvalue weighted by Crippen LogP contribution is 2.24. The molecule has 0 aliphatic carbocycles. The monoisotopic (exact) mass is 365 g/mol. The molecule has 0 saturated carbocycles. The summed E-state index contributed by atoms with van der Waals surface area (Å²) in [7, 11) is 0. The normalized spacial score (nSPS) is 11.3. The fraction of sp³-hybridized carbons (Fsp3) is 0.684. The third kappa shape index (κ3) is 7.30. The lowest BCUT2D eigenvalue weighted by molar-refractivity contribution is 0.368. The minimum Gasteiger partial charge on any atom is -0.330 e. The summed E-state index contributed by atoms with van der Waals surface area (Å²) >= 11 is 0. The van der Waals surface area contributed by atoms with E-state index in [9.17, 15) is 22.0 Å². The van der Waals surface area contributed by atoms with Crippen molar-refractivity contribution in [2.75, 3.05) is 6.54 Å². The van der Waals surface area contributed by atoms with Gasteiger partial charge >= 0.3 is 0 Å². The number of benzene rings is 1. The van der Waals surface area contributed by atoms with Crippen LogP contribution in [0.15, 0.2) is 0 Å². The quantitative estimate of drug-likeness (QED) is 0.192. The van der Waals surface area contributed by atoms with E-state index in [0.717, 1.165) is 38.6 Å². The maximum absolute atomic E-state index is 13.5. The van der Waals surface area contributed by atoms with Crippen LogP contribution in [0, 0.1) is 29.1 Å². The highest BCUT2D eigenvalue weighted by molar-refractivity contribution is 5.24. The average molecular weight is 365 g/mol. The Hall–Kier alpha value is -1.17. The van der Waals surface area contributed by atoms with Crippen molar-refractivity contribution >= 4 is 0 Å². The van der Waals surface area contributed by atoms with Gasteiger partial charge in [0, 0.05) is 5.56 Å². The largest absolute Gasteiger partial charge is 0.330 e. The molecule has 1 aromatic rings. The maximum atomic E-state index is 13.5. The van der Waals surface area contributed by atoms with Crippen molar-refractivity contribution in [1.29, 1.82) is 0 Å². The second-order valence-corrected chi connectivity index (χ2v) is 6.48. The van der Waals surface area contributed by atoms with Crippen LogP contribution in [0.5, 0.6) is 0 Å². The molecule has 0 aliphatic heterocycles. The Morgan fingerprint density at radius 2 is 0.760 bits per heavy atom. The van der Waals surface area contributed by atoms with E-state index in [2.05, 4.69) is 0 Å². The second kappa shape index (κ2) is 12.2. The number of hydrogen-bond donors (Lipinski definition) is 1. The van der Waals surface area contributed by atoms with Crippen molar-refractivity contribution in [1.82, 2.24) is 0 Å². The van der Waals surface area contributed by atoms with Gasteiger partial charge in [-0.3, -0.25) is 0 Å². The van der Waals surface area contributed by atoms with Crippen LogP contribution in [0.25, 0.3) is 0 Å². The molecule has 0 heterocycles. The number of halogens is 5. The van der Waals surface area contributed by atoms with Gasteiger partial charge in [0.2, 0.25) is 5.82 Å². The second-order valence-electron chi connectivity index (χ2n) is 6.48. The number of hydrogen-bond acceptors (Lipinski definition) is 1. The number of nitrogens with two attached hydrogens (primary N) is 1. The molecule has 0 fully saturated rings. The van der Waals surface area contributed by atoms with Crippen molar-refractivity contribution in [2.45, 2.75) is 77.0 Å². The van der Waals surface area contributed by atoms with Crippen molar-refractivity contribution in [3.05, 3.63) is 34.6 Å². The SMILES string of the molecule is NCCCCCCCCCCCCCc1c(F)c(F)c(F)c(F)c1F. The summed E-state index contributed by atoms with van der Waals surface area (Å²) in [4.78, 5) is 0. The van der Waals surface area contributed by atoms with Gasteiger partial charge < -0.3 is 5.73 Å². The zero-order chi connectivity index (χ0) is 18.7. The fourth-order valence-corrected chi connectivity index (χ4v) is 2.91. The summed E-state index contributed by atoms with van der Waals surface area (Å²) in [5, 5.41) is 0. The Kier molecular flexibility index (Phi) is 10.7. The van der Waals surface area contributed by atoms with Crippen LogP contribution in [-0.2, 0) is 6.42 Å². The van der Waals surface area contributed by atoms with Gasteiger partial charge in [0.25, 0.3) is 0 Å². The fourth-order valence-electron chi connectivity index (χ4n) is 2.91. The molecular weight excluding hydrogens is 337 g/mol. The molecule has 0 aromatic heterocycles. The van der Waals surface area contributed by atoms with Gasteiger partial charge in [-0.05, 0) is 25.8 Å². The van der Waals surface area contributed by atoms with E-state index in [-0.39, 0.29) is 6.42 Å². The van der Waals surface area contributed by atoms with E-state index in [1.165, 1.54) is 32.1 Å². The van der Waals surface area contributed by atoms with Gasteiger partial charge in [-0.25, -0.2) is 22.0 Å². The molecule has 25 heavy (non-hydrogen) atoms. The van der Waals surface area contributed by atoms with Gasteiger partial charge in [0.1, 0.15) is 0 Å². The van der Waals surface area contributed by atoms with E-state index < -0.39 is 34.6 Å². The minimum atomic E-state index is -2.10. The van der Waals surface area contributed by atoms with Crippen molar-refractivity contribution in [3.8, 4) is 0 Å². The van der Waals surface area contributed by atoms with Crippen LogP contribution in [0.3, 0.4) is 0 Å². The molecule has 1 nitrogen and oxygen atoms in total. The molecule has 6 heteroatoms. The van der Waals surface area contributed by atoms with Gasteiger partial charge in [0.05, 0.1) is 0 Å². The van der Waals surface area contributed by atoms with E-state index in [1.807, 2.05) is 0 Å². The van der Waals surface area contributed by atoms with Gasteiger partial charge in [-0.2, -0.15) is 0 Å². The Balaban J connectivity index is 2.15. The summed E-state index contributed by atoms with van der Waals surface area (Å²) in [6.07, 6.45) is 11.1. The number of unbranched alkanes of at least 4 members (excludes halogenated alkanes) is 10. The third-order valence-electron chi connectivity index (χ3n) is 4.43. The molecule has 0 saturated heterocycles. The van der Waals surface area contributed by atoms with E-state index in [0.29, 0.717) is 6.42 Å². The number of rotatable bonds is 13. The van der Waals surface area contributed by atoms with Gasteiger partial charge in [-0.15, -0.1) is 0 Å². The molecular formula is C19H28F5N. The van der Waals surface area contributed by atoms with E-state index in [4.69, 9.17) is 5.73 Å². The predicted octanol–water partition coefficient (Wildman–Crippen LogP) is 6.17. The maximum Gasteiger partial charge on any atom is 0.200 e. The molecule has 0 bridgehead atoms. The molecule has 0 aliphatic rings. The predicted molar refractivity (Wildman–Crippen MR) is 89.8 cm³/mol. The Morgan fingerprint density at radius 3 is 1.16 bits per heavy atom. The third-order valence-corrected chi connectivity index (χ3v) is 4.43. The molecule has 0 amide bonds. The van der Waals surface area contributed by atoms with Crippen LogP contribution < -0.4 is 5.73 Å². The van der Waals surface area contributed by atoms with Crippen LogP contribution in [0.2, 0.25) is 0 Å². The zero-order valence-corrected chi connectivity index (χ0v) is 14.7. The molecule has 2 N–H and O–H groups in total. The molecule has 0 atom stereocenters. The van der Waals surface area contributed by atoms with Gasteiger partial charge in [-0.1, -0.05) is 57.8 Å². The molecule has 1 rings (SSSR count). The molecule has 0 spiro atoms. The lowest BCUT2D eigenvalue weighted by Gasteiger charge is -2.08. The summed E-state index contributed by atoms with van der Waals surface area (Å²) in [6, 6.07) is 0. The van der Waals surface area contributed by atoms with E-state index in [1.54, 1.807) is 0 Å². The summed E-state index contributed by atoms with van der Waals surface area (Å²) in [5.41, 5.74) is 4.73. The zero-order valence-electron chi connectivity index (χ0n) is 14.7. The Morgan fingerprint density at radius 1 is 0.440 bits per heavy atom. The molecule has 0 radical (unpaired) electrons. The molecule has 1 aromatic carbocycles. The standard InChI is InChI=1S/C19H28F5N/c20-15-14(16(21)18(23)19(24)17(15)22)12-10-8-6-4-2-1-3-5-7-9-11-13-25/h1-13,25H2. The average Bonchev–Trinajstić information content (AvgIpc) is 2.61. The first-order valence-electron chi connectivity index (χ1n) is 9.21. The highest BCUT2D eigenvalue weighted by Gasteiger charge is 2.24. The Labute approximate surface area is 146 Å². The van der Waals surface area contributed by atoms with Crippen molar-refractivity contribution in [2.24, 2.45) is 5.73 Å². The minimum absolute atomic E-state index is 0.132. The van der Waals surface area contributed by atoms with Crippen LogP contribution >= 0.6 is 0 Å². The smallest absolute Gasteiger partial charge is 0.200 e. The lowest BCUT2D eigenvalue weighted by atomic mass is 10.0. The first kappa shape index (κ1) is 21.9. The van der Waals surface area contributed by atoms with Gasteiger partial charge in [0.15, 0.2) is 23.3 Å². The van der Waals surface area contributed by atoms with Crippen LogP contribution in [0.4, 0.5) is 22.0 Å². The highest BCUT2D eigenvalue weighted by atomic mass is 19.2. The summed E-state index contributed by atoms with van der Waals surface area (Å²) < 4.78 is 66.1. The Bertz CT molecular complexity index is 490. The topological polar surface area (TPSA) is 26.0 Å². The molecule has 144 valence electrons. The molecule has 0 unspecified atom stereocenters. The summed E-state index contributed by atoms with van der Waals surface area (Å²) in [5.74, 6) is -9.22. The lowest BCUT2D eigenvalue weighted by Crippen LogP contribution is -2.07. The van der Waals surface area contributed by atoms with Crippen LogP contribution in [-0.4, -0.2) is 6.54 Å². The van der Waals surface area contributed by atoms with Crippen molar-refractivity contribution < 1.29 is 22.0 Å².